The van der Waals surface area contributed by atoms with Crippen LogP contribution < -0.4 is 9.80 Å². The van der Waals surface area contributed by atoms with Gasteiger partial charge in [0.05, 0.1) is 5.39 Å². The second kappa shape index (κ2) is 8.70. The summed E-state index contributed by atoms with van der Waals surface area (Å²) in [6, 6.07) is 0. The highest BCUT2D eigenvalue weighted by Crippen LogP contribution is 2.35. The number of thiazole rings is 1. The van der Waals surface area contributed by atoms with E-state index in [9.17, 15) is 4.79 Å². The van der Waals surface area contributed by atoms with E-state index in [0.29, 0.717) is 5.91 Å². The van der Waals surface area contributed by atoms with Gasteiger partial charge < -0.3 is 14.7 Å². The summed E-state index contributed by atoms with van der Waals surface area (Å²) in [5.41, 5.74) is 1.28. The second-order valence-electron chi connectivity index (χ2n) is 8.40. The Balaban J connectivity index is 1.22. The van der Waals surface area contributed by atoms with Gasteiger partial charge in [-0.25, -0.2) is 15.0 Å². The van der Waals surface area contributed by atoms with E-state index in [1.165, 1.54) is 15.8 Å². The van der Waals surface area contributed by atoms with E-state index in [4.69, 9.17) is 0 Å². The molecule has 7 nitrogen and oxygen atoms in total. The minimum absolute atomic E-state index is 0.116. The molecule has 0 radical (unpaired) electrons. The summed E-state index contributed by atoms with van der Waals surface area (Å²) in [5, 5.41) is 4.27. The van der Waals surface area contributed by atoms with Crippen molar-refractivity contribution in [2.24, 2.45) is 5.92 Å². The van der Waals surface area contributed by atoms with Crippen molar-refractivity contribution in [2.75, 3.05) is 49.1 Å². The number of carbonyl (C=O) groups excluding carboxylic acids is 1. The zero-order valence-corrected chi connectivity index (χ0v) is 19.7. The third-order valence-electron chi connectivity index (χ3n) is 6.59. The molecule has 2 aliphatic heterocycles. The summed E-state index contributed by atoms with van der Waals surface area (Å²) in [4.78, 5) is 35.9. The maximum Gasteiger partial charge on any atom is 0.225 e. The van der Waals surface area contributed by atoms with E-state index >= 15 is 0 Å². The van der Waals surface area contributed by atoms with E-state index in [0.717, 1.165) is 74.3 Å². The third-order valence-corrected chi connectivity index (χ3v) is 8.53. The molecule has 0 N–H and O–H groups in total. The van der Waals surface area contributed by atoms with Crippen molar-refractivity contribution in [3.63, 3.8) is 0 Å². The third kappa shape index (κ3) is 4.01. The number of anilines is 2. The number of rotatable bonds is 3. The number of aromatic nitrogens is 3. The van der Waals surface area contributed by atoms with Crippen molar-refractivity contribution in [3.05, 3.63) is 28.3 Å². The molecule has 0 atom stereocenters. The normalized spacial score (nSPS) is 18.6. The number of hydrogen-bond acceptors (Lipinski definition) is 8. The number of hydrogen-bond donors (Lipinski definition) is 0. The predicted octanol–water partition coefficient (Wildman–Crippen LogP) is 3.72. The van der Waals surface area contributed by atoms with Crippen LogP contribution >= 0.6 is 22.7 Å². The molecule has 0 bridgehead atoms. The van der Waals surface area contributed by atoms with Crippen LogP contribution in [0.2, 0.25) is 0 Å². The molecule has 5 rings (SSSR count). The Kier molecular flexibility index (Phi) is 5.79. The SMILES string of the molecule is Cc1sc2ncnc(N3CCC(C(=O)N4CCCN(c5nccs5)CC4)CC3)c2c1C. The Labute approximate surface area is 190 Å². The number of amides is 1. The summed E-state index contributed by atoms with van der Waals surface area (Å²) in [6.07, 6.45) is 6.31. The van der Waals surface area contributed by atoms with Gasteiger partial charge in [0.15, 0.2) is 5.13 Å². The van der Waals surface area contributed by atoms with E-state index in [1.807, 2.05) is 11.6 Å². The number of aryl methyl sites for hydroxylation is 2. The van der Waals surface area contributed by atoms with Crippen LogP contribution in [0.25, 0.3) is 10.2 Å². The lowest BCUT2D eigenvalue weighted by atomic mass is 9.95. The van der Waals surface area contributed by atoms with E-state index in [1.54, 1.807) is 29.0 Å². The molecule has 0 aromatic carbocycles. The minimum atomic E-state index is 0.116. The molecule has 3 aromatic rings. The Hall–Kier alpha value is -2.26. The molecule has 0 aliphatic carbocycles. The van der Waals surface area contributed by atoms with Crippen molar-refractivity contribution in [3.8, 4) is 0 Å². The van der Waals surface area contributed by atoms with Gasteiger partial charge >= 0.3 is 0 Å². The van der Waals surface area contributed by atoms with Crippen LogP contribution in [-0.2, 0) is 4.79 Å². The van der Waals surface area contributed by atoms with Gasteiger partial charge in [-0.05, 0) is 38.7 Å². The zero-order valence-electron chi connectivity index (χ0n) is 18.1. The fourth-order valence-electron chi connectivity index (χ4n) is 4.70. The molecule has 0 spiro atoms. The van der Waals surface area contributed by atoms with E-state index < -0.39 is 0 Å². The van der Waals surface area contributed by atoms with Gasteiger partial charge in [-0.1, -0.05) is 0 Å². The maximum absolute atomic E-state index is 13.3. The highest BCUT2D eigenvalue weighted by Gasteiger charge is 2.31. The van der Waals surface area contributed by atoms with Crippen LogP contribution in [0.15, 0.2) is 17.9 Å². The van der Waals surface area contributed by atoms with Crippen LogP contribution in [-0.4, -0.2) is 65.0 Å². The summed E-state index contributed by atoms with van der Waals surface area (Å²) in [5.74, 6) is 1.48. The predicted molar refractivity (Wildman–Crippen MR) is 127 cm³/mol. The molecule has 0 saturated carbocycles. The lowest BCUT2D eigenvalue weighted by Crippen LogP contribution is -2.44. The first-order valence-corrected chi connectivity index (χ1v) is 12.7. The molecule has 9 heteroatoms. The zero-order chi connectivity index (χ0) is 21.4. The minimum Gasteiger partial charge on any atom is -0.356 e. The van der Waals surface area contributed by atoms with Crippen molar-refractivity contribution in [2.45, 2.75) is 33.1 Å². The first kappa shape index (κ1) is 20.6. The summed E-state index contributed by atoms with van der Waals surface area (Å²) >= 11 is 3.41. The molecule has 164 valence electrons. The molecule has 5 heterocycles. The number of fused-ring (bicyclic) bond motifs is 1. The van der Waals surface area contributed by atoms with Gasteiger partial charge in [0.2, 0.25) is 5.91 Å². The van der Waals surface area contributed by atoms with Crippen LogP contribution in [0.4, 0.5) is 10.9 Å². The first-order valence-electron chi connectivity index (χ1n) is 11.0. The van der Waals surface area contributed by atoms with E-state index in [2.05, 4.69) is 43.5 Å². The van der Waals surface area contributed by atoms with Gasteiger partial charge in [-0.2, -0.15) is 0 Å². The Bertz CT molecular complexity index is 1060. The molecule has 3 aromatic heterocycles. The summed E-state index contributed by atoms with van der Waals surface area (Å²) in [7, 11) is 0. The number of carbonyl (C=O) groups is 1. The van der Waals surface area contributed by atoms with Crippen LogP contribution in [0.5, 0.6) is 0 Å². The summed E-state index contributed by atoms with van der Waals surface area (Å²) < 4.78 is 0. The molecular formula is C22H28N6OS2. The van der Waals surface area contributed by atoms with Crippen LogP contribution in [0.1, 0.15) is 29.7 Å². The fourth-order valence-corrected chi connectivity index (χ4v) is 6.39. The van der Waals surface area contributed by atoms with Gasteiger partial charge in [-0.3, -0.25) is 4.79 Å². The van der Waals surface area contributed by atoms with Gasteiger partial charge in [0.1, 0.15) is 17.0 Å². The quantitative estimate of drug-likeness (QED) is 0.599. The van der Waals surface area contributed by atoms with Crippen LogP contribution in [0.3, 0.4) is 0 Å². The van der Waals surface area contributed by atoms with Crippen LogP contribution in [0, 0.1) is 19.8 Å². The Morgan fingerprint density at radius 3 is 2.61 bits per heavy atom. The topological polar surface area (TPSA) is 65.5 Å². The number of nitrogens with zero attached hydrogens (tertiary/aromatic N) is 6. The van der Waals surface area contributed by atoms with Crippen molar-refractivity contribution in [1.82, 2.24) is 19.9 Å². The van der Waals surface area contributed by atoms with Crippen molar-refractivity contribution in [1.29, 1.82) is 0 Å². The molecule has 0 unspecified atom stereocenters. The molecular weight excluding hydrogens is 428 g/mol. The highest BCUT2D eigenvalue weighted by molar-refractivity contribution is 7.18. The fraction of sp³-hybridized carbons (Fsp3) is 0.545. The van der Waals surface area contributed by atoms with Gasteiger partial charge in [0.25, 0.3) is 0 Å². The average molecular weight is 457 g/mol. The molecule has 2 fully saturated rings. The Morgan fingerprint density at radius 2 is 1.84 bits per heavy atom. The number of thiophene rings is 1. The second-order valence-corrected chi connectivity index (χ2v) is 10.5. The van der Waals surface area contributed by atoms with E-state index in [-0.39, 0.29) is 5.92 Å². The maximum atomic E-state index is 13.3. The Morgan fingerprint density at radius 1 is 1.00 bits per heavy atom. The molecule has 2 saturated heterocycles. The lowest BCUT2D eigenvalue weighted by molar-refractivity contribution is -0.135. The average Bonchev–Trinajstić information content (AvgIpc) is 3.35. The molecule has 1 amide bonds. The van der Waals surface area contributed by atoms with Crippen molar-refractivity contribution < 1.29 is 4.79 Å². The number of piperidine rings is 1. The van der Waals surface area contributed by atoms with Gasteiger partial charge in [0, 0.05) is 61.6 Å². The monoisotopic (exact) mass is 456 g/mol. The smallest absolute Gasteiger partial charge is 0.225 e. The molecule has 31 heavy (non-hydrogen) atoms. The lowest BCUT2D eigenvalue weighted by Gasteiger charge is -2.35. The van der Waals surface area contributed by atoms with Gasteiger partial charge in [-0.15, -0.1) is 22.7 Å². The standard InChI is InChI=1S/C22H28N6OS2/c1-15-16(2)31-20-18(15)19(24-14-25-20)26-9-4-17(5-10-26)21(29)27-7-3-8-28(12-11-27)22-23-6-13-30-22/h6,13-14,17H,3-5,7-12H2,1-2H3. The largest absolute Gasteiger partial charge is 0.356 e. The first-order chi connectivity index (χ1) is 15.1. The highest BCUT2D eigenvalue weighted by atomic mass is 32.1. The van der Waals surface area contributed by atoms with Crippen molar-refractivity contribution >= 4 is 49.7 Å². The molecule has 2 aliphatic rings. The summed E-state index contributed by atoms with van der Waals surface area (Å²) in [6.45, 7) is 9.52.